The van der Waals surface area contributed by atoms with Gasteiger partial charge in [0.15, 0.2) is 0 Å². The lowest BCUT2D eigenvalue weighted by Crippen LogP contribution is -2.31. The van der Waals surface area contributed by atoms with E-state index in [1.807, 2.05) is 30.3 Å². The Morgan fingerprint density at radius 2 is 1.55 bits per heavy atom. The second-order valence-electron chi connectivity index (χ2n) is 4.47. The number of hydrogen-bond donors (Lipinski definition) is 2. The maximum atomic E-state index is 10.7. The normalized spacial score (nSPS) is 13.7. The van der Waals surface area contributed by atoms with E-state index >= 15 is 0 Å². The van der Waals surface area contributed by atoms with Crippen molar-refractivity contribution in [1.29, 1.82) is 0 Å². The molecule has 5 nitrogen and oxygen atoms in total. The lowest BCUT2D eigenvalue weighted by Gasteiger charge is -2.14. The van der Waals surface area contributed by atoms with E-state index in [1.165, 1.54) is 0 Å². The lowest BCUT2D eigenvalue weighted by atomic mass is 9.99. The predicted octanol–water partition coefficient (Wildman–Crippen LogP) is 2.02. The second-order valence-corrected chi connectivity index (χ2v) is 4.47. The fourth-order valence-corrected chi connectivity index (χ4v) is 2.01. The highest BCUT2D eigenvalue weighted by Gasteiger charge is 2.30. The Labute approximate surface area is 116 Å². The Balaban J connectivity index is 2.22. The topological polar surface area (TPSA) is 83.6 Å². The highest BCUT2D eigenvalue weighted by Crippen LogP contribution is 2.24. The van der Waals surface area contributed by atoms with E-state index in [0.717, 1.165) is 11.1 Å². The predicted molar refractivity (Wildman–Crippen MR) is 74.7 cm³/mol. The van der Waals surface area contributed by atoms with Crippen LogP contribution in [0.3, 0.4) is 0 Å². The fourth-order valence-electron chi connectivity index (χ4n) is 2.01. The zero-order valence-corrected chi connectivity index (χ0v) is 10.7. The molecule has 104 valence electrons. The van der Waals surface area contributed by atoms with Gasteiger partial charge in [-0.05, 0) is 16.7 Å². The van der Waals surface area contributed by atoms with Gasteiger partial charge in [-0.1, -0.05) is 54.6 Å². The number of rotatable bonds is 5. The third kappa shape index (κ3) is 3.01. The smallest absolute Gasteiger partial charge is 0.265 e. The summed E-state index contributed by atoms with van der Waals surface area (Å²) in [6.45, 7) is -0.700. The van der Waals surface area contributed by atoms with E-state index in [2.05, 4.69) is 0 Å². The molecular weight excluding hydrogens is 258 g/mol. The monoisotopic (exact) mass is 273 g/mol. The summed E-state index contributed by atoms with van der Waals surface area (Å²) in [4.78, 5) is 10.0. The van der Waals surface area contributed by atoms with E-state index < -0.39 is 23.7 Å². The molecule has 2 aromatic rings. The summed E-state index contributed by atoms with van der Waals surface area (Å²) in [5.41, 5.74) is 2.41. The molecule has 5 heteroatoms. The van der Waals surface area contributed by atoms with Crippen LogP contribution in [0.5, 0.6) is 0 Å². The molecule has 0 spiro atoms. The van der Waals surface area contributed by atoms with Crippen LogP contribution in [-0.4, -0.2) is 27.8 Å². The Bertz CT molecular complexity index is 568. The van der Waals surface area contributed by atoms with Crippen molar-refractivity contribution in [1.82, 2.24) is 0 Å². The number of aliphatic hydroxyl groups is 2. The van der Waals surface area contributed by atoms with Gasteiger partial charge in [-0.25, -0.2) is 0 Å². The molecule has 0 aliphatic rings. The van der Waals surface area contributed by atoms with Crippen molar-refractivity contribution in [3.8, 4) is 11.1 Å². The summed E-state index contributed by atoms with van der Waals surface area (Å²) in [6.07, 6.45) is -1.32. The molecule has 2 N–H and O–H groups in total. The Morgan fingerprint density at radius 3 is 2.05 bits per heavy atom. The molecule has 0 heterocycles. The zero-order chi connectivity index (χ0) is 14.5. The highest BCUT2D eigenvalue weighted by molar-refractivity contribution is 5.63. The van der Waals surface area contributed by atoms with Gasteiger partial charge in [-0.15, -0.1) is 0 Å². The van der Waals surface area contributed by atoms with E-state index in [9.17, 15) is 15.2 Å². The van der Waals surface area contributed by atoms with Crippen LogP contribution < -0.4 is 0 Å². The van der Waals surface area contributed by atoms with Crippen LogP contribution in [-0.2, 0) is 0 Å². The van der Waals surface area contributed by atoms with E-state index in [-0.39, 0.29) is 0 Å². The first-order valence-corrected chi connectivity index (χ1v) is 6.21. The summed E-state index contributed by atoms with van der Waals surface area (Å²) >= 11 is 0. The average molecular weight is 273 g/mol. The molecule has 2 aromatic carbocycles. The van der Waals surface area contributed by atoms with Gasteiger partial charge >= 0.3 is 0 Å². The summed E-state index contributed by atoms with van der Waals surface area (Å²) in [5, 5.41) is 29.6. The van der Waals surface area contributed by atoms with Crippen LogP contribution in [0.1, 0.15) is 11.7 Å². The summed E-state index contributed by atoms with van der Waals surface area (Å²) in [7, 11) is 0. The summed E-state index contributed by atoms with van der Waals surface area (Å²) in [5.74, 6) is 0. The van der Waals surface area contributed by atoms with Crippen LogP contribution >= 0.6 is 0 Å². The molecule has 0 aliphatic carbocycles. The van der Waals surface area contributed by atoms with Crippen molar-refractivity contribution >= 4 is 0 Å². The molecule has 0 saturated carbocycles. The minimum Gasteiger partial charge on any atom is -0.389 e. The first-order valence-electron chi connectivity index (χ1n) is 6.21. The SMILES string of the molecule is O=[N+]([O-])[C@H](CO)[C@H](O)c1ccc(-c2ccccc2)cc1. The van der Waals surface area contributed by atoms with Gasteiger partial charge in [0, 0.05) is 4.92 Å². The van der Waals surface area contributed by atoms with Gasteiger partial charge in [-0.2, -0.15) is 0 Å². The van der Waals surface area contributed by atoms with Crippen molar-refractivity contribution in [2.75, 3.05) is 6.61 Å². The minimum atomic E-state index is -1.41. The molecule has 0 unspecified atom stereocenters. The van der Waals surface area contributed by atoms with E-state index in [1.54, 1.807) is 24.3 Å². The minimum absolute atomic E-state index is 0.417. The molecule has 2 rings (SSSR count). The van der Waals surface area contributed by atoms with E-state index in [4.69, 9.17) is 5.11 Å². The van der Waals surface area contributed by atoms with Gasteiger partial charge in [0.05, 0.1) is 0 Å². The van der Waals surface area contributed by atoms with Crippen molar-refractivity contribution in [3.05, 3.63) is 70.3 Å². The number of aliphatic hydroxyl groups excluding tert-OH is 2. The Hall–Kier alpha value is -2.24. The molecule has 2 atom stereocenters. The molecule has 0 aromatic heterocycles. The number of nitrogens with zero attached hydrogens (tertiary/aromatic N) is 1. The third-order valence-corrected chi connectivity index (χ3v) is 3.18. The Kier molecular flexibility index (Phi) is 4.45. The van der Waals surface area contributed by atoms with Crippen LogP contribution in [0.25, 0.3) is 11.1 Å². The number of hydrogen-bond acceptors (Lipinski definition) is 4. The van der Waals surface area contributed by atoms with Crippen molar-refractivity contribution in [3.63, 3.8) is 0 Å². The quantitative estimate of drug-likeness (QED) is 0.645. The maximum absolute atomic E-state index is 10.7. The average Bonchev–Trinajstić information content (AvgIpc) is 2.48. The zero-order valence-electron chi connectivity index (χ0n) is 10.7. The lowest BCUT2D eigenvalue weighted by molar-refractivity contribution is -0.539. The molecule has 20 heavy (non-hydrogen) atoms. The second kappa shape index (κ2) is 6.27. The highest BCUT2D eigenvalue weighted by atomic mass is 16.6. The maximum Gasteiger partial charge on any atom is 0.265 e. The van der Waals surface area contributed by atoms with Crippen molar-refractivity contribution in [2.45, 2.75) is 12.1 Å². The van der Waals surface area contributed by atoms with Gasteiger partial charge in [0.2, 0.25) is 0 Å². The molecule has 0 amide bonds. The van der Waals surface area contributed by atoms with Crippen LogP contribution in [0.4, 0.5) is 0 Å². The van der Waals surface area contributed by atoms with E-state index in [0.29, 0.717) is 5.56 Å². The molecule has 0 bridgehead atoms. The van der Waals surface area contributed by atoms with Crippen LogP contribution in [0.2, 0.25) is 0 Å². The molecule has 0 radical (unpaired) electrons. The van der Waals surface area contributed by atoms with Gasteiger partial charge in [0.1, 0.15) is 12.7 Å². The number of benzene rings is 2. The van der Waals surface area contributed by atoms with Gasteiger partial charge in [0.25, 0.3) is 6.04 Å². The molecule has 0 aliphatic heterocycles. The van der Waals surface area contributed by atoms with Crippen molar-refractivity contribution in [2.24, 2.45) is 0 Å². The van der Waals surface area contributed by atoms with Crippen LogP contribution in [0.15, 0.2) is 54.6 Å². The first kappa shape index (κ1) is 14.2. The van der Waals surface area contributed by atoms with Crippen molar-refractivity contribution < 1.29 is 15.1 Å². The molecule has 0 saturated heterocycles. The first-order chi connectivity index (χ1) is 9.63. The summed E-state index contributed by atoms with van der Waals surface area (Å²) in [6, 6.07) is 15.1. The molecule has 0 fully saturated rings. The third-order valence-electron chi connectivity index (χ3n) is 3.18. The largest absolute Gasteiger partial charge is 0.389 e. The van der Waals surface area contributed by atoms with Crippen LogP contribution in [0, 0.1) is 10.1 Å². The number of nitro groups is 1. The standard InChI is InChI=1S/C15H15NO4/c17-10-14(16(19)20)15(18)13-8-6-12(7-9-13)11-4-2-1-3-5-11/h1-9,14-15,17-18H,10H2/t14-,15-/m1/s1. The van der Waals surface area contributed by atoms with Gasteiger partial charge < -0.3 is 10.2 Å². The Morgan fingerprint density at radius 1 is 1.00 bits per heavy atom. The fraction of sp³-hybridized carbons (Fsp3) is 0.200. The van der Waals surface area contributed by atoms with Gasteiger partial charge in [-0.3, -0.25) is 10.1 Å². The summed E-state index contributed by atoms with van der Waals surface area (Å²) < 4.78 is 0. The molecular formula is C15H15NO4.